The molecule has 0 radical (unpaired) electrons. The van der Waals surface area contributed by atoms with Crippen LogP contribution in [0.5, 0.6) is 0 Å². The standard InChI is InChI=1S/C29H35N7O2/c1-21-18-25(28-32-27(34-38-28)23-7-9-24(10-8-23)29(37-2)12-5-13-29)33-36(21)20-22-6-11-26(31-19-22)30-14-17-35-15-3-4-16-35/h6-11,18-19H,3-5,12-17,20H2,1-2H3,(H,30,31). The Labute approximate surface area is 223 Å². The van der Waals surface area contributed by atoms with Crippen molar-refractivity contribution in [1.29, 1.82) is 0 Å². The number of likely N-dealkylation sites (tertiary alicyclic amines) is 1. The summed E-state index contributed by atoms with van der Waals surface area (Å²) in [5, 5.41) is 12.4. The Morgan fingerprint density at radius 3 is 2.55 bits per heavy atom. The summed E-state index contributed by atoms with van der Waals surface area (Å²) in [5.41, 5.74) is 4.74. The molecule has 4 aromatic rings. The number of nitrogens with zero attached hydrogens (tertiary/aromatic N) is 6. The fourth-order valence-electron chi connectivity index (χ4n) is 5.39. The van der Waals surface area contributed by atoms with Gasteiger partial charge in [0.25, 0.3) is 5.89 Å². The van der Waals surface area contributed by atoms with Gasteiger partial charge in [0.05, 0.1) is 12.1 Å². The Morgan fingerprint density at radius 2 is 1.87 bits per heavy atom. The first kappa shape index (κ1) is 24.8. The minimum absolute atomic E-state index is 0.134. The molecule has 3 aromatic heterocycles. The number of ether oxygens (including phenoxy) is 1. The third kappa shape index (κ3) is 5.08. The van der Waals surface area contributed by atoms with Crippen molar-refractivity contribution in [2.24, 2.45) is 0 Å². The van der Waals surface area contributed by atoms with Crippen LogP contribution in [0.4, 0.5) is 5.82 Å². The van der Waals surface area contributed by atoms with E-state index in [4.69, 9.17) is 14.4 Å². The van der Waals surface area contributed by atoms with Gasteiger partial charge in [-0.2, -0.15) is 10.1 Å². The van der Waals surface area contributed by atoms with Crippen LogP contribution >= 0.6 is 0 Å². The van der Waals surface area contributed by atoms with Gasteiger partial charge in [-0.3, -0.25) is 4.68 Å². The molecule has 2 fully saturated rings. The summed E-state index contributed by atoms with van der Waals surface area (Å²) in [6, 6.07) is 14.4. The van der Waals surface area contributed by atoms with Crippen molar-refractivity contribution in [1.82, 2.24) is 29.8 Å². The Bertz CT molecular complexity index is 1350. The fraction of sp³-hybridized carbons (Fsp3) is 0.448. The van der Waals surface area contributed by atoms with Crippen LogP contribution in [0, 0.1) is 6.92 Å². The maximum absolute atomic E-state index is 5.79. The number of benzene rings is 1. The van der Waals surface area contributed by atoms with Crippen LogP contribution in [-0.2, 0) is 16.9 Å². The lowest BCUT2D eigenvalue weighted by atomic mass is 9.75. The van der Waals surface area contributed by atoms with Gasteiger partial charge in [-0.05, 0) is 75.4 Å². The highest BCUT2D eigenvalue weighted by Gasteiger charge is 2.38. The first-order valence-electron chi connectivity index (χ1n) is 13.6. The predicted octanol–water partition coefficient (Wildman–Crippen LogP) is 4.89. The Hall–Kier alpha value is -3.56. The van der Waals surface area contributed by atoms with Gasteiger partial charge >= 0.3 is 0 Å². The summed E-state index contributed by atoms with van der Waals surface area (Å²) in [7, 11) is 1.79. The summed E-state index contributed by atoms with van der Waals surface area (Å²) < 4.78 is 13.3. The second-order valence-corrected chi connectivity index (χ2v) is 10.4. The molecule has 0 spiro atoms. The third-order valence-corrected chi connectivity index (χ3v) is 7.94. The predicted molar refractivity (Wildman–Crippen MR) is 146 cm³/mol. The number of hydrogen-bond donors (Lipinski definition) is 1. The average molecular weight is 514 g/mol. The topological polar surface area (TPSA) is 94.1 Å². The monoisotopic (exact) mass is 513 g/mol. The van der Waals surface area contributed by atoms with Gasteiger partial charge in [0, 0.05) is 37.7 Å². The second-order valence-electron chi connectivity index (χ2n) is 10.4. The van der Waals surface area contributed by atoms with Crippen LogP contribution in [0.2, 0.25) is 0 Å². The zero-order chi connectivity index (χ0) is 26.0. The second kappa shape index (κ2) is 10.7. The van der Waals surface area contributed by atoms with Crippen molar-refractivity contribution < 1.29 is 9.26 Å². The van der Waals surface area contributed by atoms with Gasteiger partial charge in [0.15, 0.2) is 5.69 Å². The van der Waals surface area contributed by atoms with Crippen molar-refractivity contribution in [2.75, 3.05) is 38.6 Å². The fourth-order valence-corrected chi connectivity index (χ4v) is 5.39. The highest BCUT2D eigenvalue weighted by atomic mass is 16.5. The van der Waals surface area contributed by atoms with Crippen LogP contribution in [0.1, 0.15) is 48.9 Å². The zero-order valence-corrected chi connectivity index (χ0v) is 22.2. The molecule has 38 heavy (non-hydrogen) atoms. The molecule has 0 atom stereocenters. The smallest absolute Gasteiger partial charge is 0.278 e. The van der Waals surface area contributed by atoms with E-state index in [1.54, 1.807) is 7.11 Å². The highest BCUT2D eigenvalue weighted by Crippen LogP contribution is 2.44. The van der Waals surface area contributed by atoms with Crippen molar-refractivity contribution in [2.45, 2.75) is 51.2 Å². The molecular formula is C29H35N7O2. The van der Waals surface area contributed by atoms with Crippen molar-refractivity contribution in [3.05, 3.63) is 65.5 Å². The molecule has 1 N–H and O–H groups in total. The van der Waals surface area contributed by atoms with Crippen LogP contribution in [0.15, 0.2) is 53.2 Å². The molecule has 0 unspecified atom stereocenters. The van der Waals surface area contributed by atoms with Crippen LogP contribution in [-0.4, -0.2) is 63.1 Å². The molecule has 0 bridgehead atoms. The number of methoxy groups -OCH3 is 1. The summed E-state index contributed by atoms with van der Waals surface area (Å²) in [6.07, 6.45) is 7.87. The van der Waals surface area contributed by atoms with Crippen molar-refractivity contribution >= 4 is 5.82 Å². The van der Waals surface area contributed by atoms with Gasteiger partial charge in [-0.1, -0.05) is 35.5 Å². The normalized spacial score (nSPS) is 17.0. The number of hydrogen-bond acceptors (Lipinski definition) is 8. The molecule has 6 rings (SSSR count). The molecule has 4 heterocycles. The number of nitrogens with one attached hydrogen (secondary N) is 1. The first-order chi connectivity index (χ1) is 18.6. The molecule has 198 valence electrons. The number of pyridine rings is 1. The van der Waals surface area contributed by atoms with Gasteiger partial charge in [-0.15, -0.1) is 0 Å². The summed E-state index contributed by atoms with van der Waals surface area (Å²) in [4.78, 5) is 11.7. The Morgan fingerprint density at radius 1 is 1.05 bits per heavy atom. The molecular weight excluding hydrogens is 478 g/mol. The maximum Gasteiger partial charge on any atom is 0.278 e. The molecule has 9 nitrogen and oxygen atoms in total. The maximum atomic E-state index is 5.79. The largest absolute Gasteiger partial charge is 0.374 e. The van der Waals surface area contributed by atoms with E-state index in [2.05, 4.69) is 43.5 Å². The van der Waals surface area contributed by atoms with E-state index in [-0.39, 0.29) is 5.60 Å². The van der Waals surface area contributed by atoms with Gasteiger partial charge < -0.3 is 19.5 Å². The molecule has 1 aliphatic heterocycles. The van der Waals surface area contributed by atoms with Crippen LogP contribution in [0.3, 0.4) is 0 Å². The zero-order valence-electron chi connectivity index (χ0n) is 22.2. The summed E-state index contributed by atoms with van der Waals surface area (Å²) in [6.45, 7) is 7.06. The Kier molecular flexibility index (Phi) is 6.95. The van der Waals surface area contributed by atoms with E-state index in [0.29, 0.717) is 24.0 Å². The Balaban J connectivity index is 1.08. The molecule has 1 saturated heterocycles. The third-order valence-electron chi connectivity index (χ3n) is 7.94. The van der Waals surface area contributed by atoms with Crippen molar-refractivity contribution in [3.63, 3.8) is 0 Å². The molecule has 0 amide bonds. The quantitative estimate of drug-likeness (QED) is 0.321. The minimum Gasteiger partial charge on any atom is -0.374 e. The summed E-state index contributed by atoms with van der Waals surface area (Å²) in [5.74, 6) is 1.87. The van der Waals surface area contributed by atoms with E-state index in [1.807, 2.05) is 42.1 Å². The van der Waals surface area contributed by atoms with Crippen molar-refractivity contribution in [3.8, 4) is 23.0 Å². The number of aromatic nitrogens is 5. The van der Waals surface area contributed by atoms with E-state index in [9.17, 15) is 0 Å². The summed E-state index contributed by atoms with van der Waals surface area (Å²) >= 11 is 0. The van der Waals surface area contributed by atoms with Gasteiger partial charge in [0.2, 0.25) is 5.82 Å². The number of anilines is 1. The number of aryl methyl sites for hydroxylation is 1. The molecule has 2 aliphatic rings. The lowest BCUT2D eigenvalue weighted by Crippen LogP contribution is -2.35. The average Bonchev–Trinajstić information content (AvgIpc) is 3.68. The van der Waals surface area contributed by atoms with Gasteiger partial charge in [0.1, 0.15) is 5.82 Å². The lowest BCUT2D eigenvalue weighted by molar-refractivity contribution is -0.0778. The molecule has 9 heteroatoms. The van der Waals surface area contributed by atoms with E-state index in [0.717, 1.165) is 48.6 Å². The van der Waals surface area contributed by atoms with E-state index in [1.165, 1.54) is 37.9 Å². The minimum atomic E-state index is -0.134. The highest BCUT2D eigenvalue weighted by molar-refractivity contribution is 5.58. The van der Waals surface area contributed by atoms with Crippen LogP contribution in [0.25, 0.3) is 23.0 Å². The molecule has 1 aromatic carbocycles. The van der Waals surface area contributed by atoms with Crippen LogP contribution < -0.4 is 5.32 Å². The SMILES string of the molecule is COC1(c2ccc(-c3noc(-c4cc(C)n(Cc5ccc(NCCN6CCCC6)nc5)n4)n3)cc2)CCC1. The molecule has 1 aliphatic carbocycles. The van der Waals surface area contributed by atoms with E-state index < -0.39 is 0 Å². The first-order valence-corrected chi connectivity index (χ1v) is 13.6. The van der Waals surface area contributed by atoms with E-state index >= 15 is 0 Å². The lowest BCUT2D eigenvalue weighted by Gasteiger charge is -2.41. The molecule has 1 saturated carbocycles. The number of rotatable bonds is 10. The van der Waals surface area contributed by atoms with Gasteiger partial charge in [-0.25, -0.2) is 4.98 Å².